The molecule has 0 saturated heterocycles. The van der Waals surface area contributed by atoms with Gasteiger partial charge in [-0.2, -0.15) is 8.78 Å². The molecule has 0 saturated carbocycles. The Bertz CT molecular complexity index is 764. The van der Waals surface area contributed by atoms with Crippen LogP contribution in [-0.2, 0) is 11.3 Å². The zero-order valence-corrected chi connectivity index (χ0v) is 15.1. The van der Waals surface area contributed by atoms with Crippen molar-refractivity contribution in [2.24, 2.45) is 0 Å². The molecule has 0 aliphatic carbocycles. The average Bonchev–Trinajstić information content (AvgIpc) is 2.92. The number of para-hydroxylation sites is 1. The van der Waals surface area contributed by atoms with Crippen LogP contribution in [-0.4, -0.2) is 32.2 Å². The summed E-state index contributed by atoms with van der Waals surface area (Å²) in [6.07, 6.45) is 1.76. The third-order valence-electron chi connectivity index (χ3n) is 3.17. The molecule has 0 unspecified atom stereocenters. The summed E-state index contributed by atoms with van der Waals surface area (Å²) in [5.41, 5.74) is 0.0267. The first-order chi connectivity index (χ1) is 12.0. The number of amides is 1. The van der Waals surface area contributed by atoms with Crippen molar-refractivity contribution in [2.75, 3.05) is 11.1 Å². The molecule has 0 aliphatic rings. The van der Waals surface area contributed by atoms with Gasteiger partial charge in [0.1, 0.15) is 0 Å². The van der Waals surface area contributed by atoms with Crippen molar-refractivity contribution in [3.63, 3.8) is 0 Å². The van der Waals surface area contributed by atoms with Gasteiger partial charge in [0.05, 0.1) is 11.4 Å². The number of hydrogen-bond acceptors (Lipinski definition) is 5. The molecule has 10 heteroatoms. The summed E-state index contributed by atoms with van der Waals surface area (Å²) < 4.78 is 26.6. The third-order valence-corrected chi connectivity index (χ3v) is 4.93. The summed E-state index contributed by atoms with van der Waals surface area (Å²) in [6, 6.07) is 6.38. The van der Waals surface area contributed by atoms with Crippen LogP contribution < -0.4 is 11.0 Å². The van der Waals surface area contributed by atoms with Crippen LogP contribution in [0.1, 0.15) is 19.8 Å². The molecule has 25 heavy (non-hydrogen) atoms. The number of anilines is 1. The molecular formula is C15H18F2N4O2S2. The molecule has 0 bridgehead atoms. The second-order valence-electron chi connectivity index (χ2n) is 5.03. The van der Waals surface area contributed by atoms with E-state index in [0.29, 0.717) is 34.0 Å². The Hall–Kier alpha value is -1.81. The van der Waals surface area contributed by atoms with Crippen molar-refractivity contribution in [2.45, 2.75) is 42.1 Å². The van der Waals surface area contributed by atoms with Crippen molar-refractivity contribution in [1.82, 2.24) is 14.8 Å². The SMILES string of the molecule is CCCCn1c(SCC(=O)Nc2ccccc2SC(F)F)n[nH]c1=O. The van der Waals surface area contributed by atoms with Crippen LogP contribution in [0.2, 0.25) is 0 Å². The third kappa shape index (κ3) is 5.89. The molecule has 1 aromatic heterocycles. The van der Waals surface area contributed by atoms with Gasteiger partial charge >= 0.3 is 5.69 Å². The minimum Gasteiger partial charge on any atom is -0.324 e. The maximum atomic E-state index is 12.6. The summed E-state index contributed by atoms with van der Waals surface area (Å²) in [4.78, 5) is 24.1. The number of hydrogen-bond donors (Lipinski definition) is 2. The van der Waals surface area contributed by atoms with Crippen LogP contribution >= 0.6 is 23.5 Å². The molecule has 136 valence electrons. The number of aromatic nitrogens is 3. The lowest BCUT2D eigenvalue weighted by atomic mass is 10.3. The largest absolute Gasteiger partial charge is 0.343 e. The zero-order valence-electron chi connectivity index (χ0n) is 13.5. The van der Waals surface area contributed by atoms with Gasteiger partial charge in [0.15, 0.2) is 5.16 Å². The van der Waals surface area contributed by atoms with E-state index in [4.69, 9.17) is 0 Å². The molecule has 0 fully saturated rings. The fraction of sp³-hybridized carbons (Fsp3) is 0.400. The van der Waals surface area contributed by atoms with E-state index in [9.17, 15) is 18.4 Å². The Labute approximate surface area is 151 Å². The van der Waals surface area contributed by atoms with Crippen molar-refractivity contribution in [3.05, 3.63) is 34.7 Å². The molecule has 1 aromatic carbocycles. The van der Waals surface area contributed by atoms with Crippen LogP contribution in [0.25, 0.3) is 0 Å². The van der Waals surface area contributed by atoms with E-state index in [0.717, 1.165) is 24.6 Å². The van der Waals surface area contributed by atoms with Gasteiger partial charge in [0.2, 0.25) is 5.91 Å². The molecule has 2 rings (SSSR count). The van der Waals surface area contributed by atoms with Crippen molar-refractivity contribution in [3.8, 4) is 0 Å². The molecule has 0 spiro atoms. The van der Waals surface area contributed by atoms with Crippen LogP contribution in [0.3, 0.4) is 0 Å². The smallest absolute Gasteiger partial charge is 0.324 e. The maximum absolute atomic E-state index is 12.6. The number of rotatable bonds is 9. The van der Waals surface area contributed by atoms with E-state index >= 15 is 0 Å². The van der Waals surface area contributed by atoms with Crippen molar-refractivity contribution < 1.29 is 13.6 Å². The number of halogens is 2. The van der Waals surface area contributed by atoms with Gasteiger partial charge in [-0.25, -0.2) is 9.89 Å². The van der Waals surface area contributed by atoms with Gasteiger partial charge < -0.3 is 5.32 Å². The topological polar surface area (TPSA) is 79.8 Å². The van der Waals surface area contributed by atoms with Crippen LogP contribution in [0, 0.1) is 0 Å². The maximum Gasteiger partial charge on any atom is 0.343 e. The lowest BCUT2D eigenvalue weighted by Crippen LogP contribution is -2.19. The Morgan fingerprint density at radius 2 is 2.16 bits per heavy atom. The second kappa shape index (κ2) is 9.62. The summed E-state index contributed by atoms with van der Waals surface area (Å²) in [7, 11) is 0. The number of alkyl halides is 2. The second-order valence-corrected chi connectivity index (χ2v) is 7.00. The number of nitrogens with zero attached hydrogens (tertiary/aromatic N) is 2. The fourth-order valence-corrected chi connectivity index (χ4v) is 3.38. The van der Waals surface area contributed by atoms with Gasteiger partial charge in [-0.05, 0) is 18.6 Å². The zero-order chi connectivity index (χ0) is 18.2. The standard InChI is InChI=1S/C15H18F2N4O2S2/c1-2-3-8-21-14(23)19-20-15(21)24-9-12(22)18-10-6-4-5-7-11(10)25-13(16)17/h4-7,13H,2-3,8-9H2,1H3,(H,18,22)(H,19,23). The fourth-order valence-electron chi connectivity index (χ4n) is 2.01. The highest BCUT2D eigenvalue weighted by Crippen LogP contribution is 2.31. The number of nitrogens with one attached hydrogen (secondary N) is 2. The molecule has 2 N–H and O–H groups in total. The summed E-state index contributed by atoms with van der Waals surface area (Å²) in [5.74, 6) is -2.90. The molecule has 0 aliphatic heterocycles. The molecule has 1 heterocycles. The molecule has 0 radical (unpaired) electrons. The number of H-pyrrole nitrogens is 1. The first-order valence-corrected chi connectivity index (χ1v) is 9.49. The van der Waals surface area contributed by atoms with Gasteiger partial charge in [-0.1, -0.05) is 49.0 Å². The molecular weight excluding hydrogens is 370 g/mol. The monoisotopic (exact) mass is 388 g/mol. The van der Waals surface area contributed by atoms with Crippen LogP contribution in [0.5, 0.6) is 0 Å². The van der Waals surface area contributed by atoms with Crippen molar-refractivity contribution in [1.29, 1.82) is 0 Å². The number of carbonyl (C=O) groups is 1. The van der Waals surface area contributed by atoms with Crippen molar-refractivity contribution >= 4 is 35.1 Å². The normalized spacial score (nSPS) is 11.0. The minimum absolute atomic E-state index is 0.0180. The lowest BCUT2D eigenvalue weighted by molar-refractivity contribution is -0.113. The predicted octanol–water partition coefficient (Wildman–Crippen LogP) is 3.42. The first-order valence-electron chi connectivity index (χ1n) is 7.63. The summed E-state index contributed by atoms with van der Waals surface area (Å²) in [5, 5.41) is 9.33. The van der Waals surface area contributed by atoms with Gasteiger partial charge in [0, 0.05) is 11.4 Å². The van der Waals surface area contributed by atoms with E-state index in [1.807, 2.05) is 6.92 Å². The number of benzene rings is 1. The molecule has 0 atom stereocenters. The lowest BCUT2D eigenvalue weighted by Gasteiger charge is -2.10. The van der Waals surface area contributed by atoms with Gasteiger partial charge in [-0.15, -0.1) is 5.10 Å². The summed E-state index contributed by atoms with van der Waals surface area (Å²) >= 11 is 1.50. The van der Waals surface area contributed by atoms with Crippen LogP contribution in [0.4, 0.5) is 14.5 Å². The number of thioether (sulfide) groups is 2. The van der Waals surface area contributed by atoms with E-state index in [2.05, 4.69) is 15.5 Å². The highest BCUT2D eigenvalue weighted by atomic mass is 32.2. The first kappa shape index (κ1) is 19.5. The number of carbonyl (C=O) groups excluding carboxylic acids is 1. The van der Waals surface area contributed by atoms with E-state index in [-0.39, 0.29) is 17.3 Å². The van der Waals surface area contributed by atoms with E-state index < -0.39 is 5.76 Å². The summed E-state index contributed by atoms with van der Waals surface area (Å²) in [6.45, 7) is 2.55. The molecule has 1 amide bonds. The molecule has 2 aromatic rings. The predicted molar refractivity (Wildman–Crippen MR) is 95.4 cm³/mol. The Morgan fingerprint density at radius 3 is 2.88 bits per heavy atom. The Morgan fingerprint density at radius 1 is 1.40 bits per heavy atom. The number of aromatic amines is 1. The molecule has 6 nitrogen and oxygen atoms in total. The highest BCUT2D eigenvalue weighted by Gasteiger charge is 2.14. The van der Waals surface area contributed by atoms with Crippen LogP contribution in [0.15, 0.2) is 39.1 Å². The van der Waals surface area contributed by atoms with E-state index in [1.54, 1.807) is 18.2 Å². The van der Waals surface area contributed by atoms with Gasteiger partial charge in [0.25, 0.3) is 5.76 Å². The quantitative estimate of drug-likeness (QED) is 0.644. The number of unbranched alkanes of at least 4 members (excludes halogenated alkanes) is 1. The minimum atomic E-state index is -2.57. The Kier molecular flexibility index (Phi) is 7.51. The highest BCUT2D eigenvalue weighted by molar-refractivity contribution is 8.00. The average molecular weight is 388 g/mol. The Balaban J connectivity index is 1.97. The van der Waals surface area contributed by atoms with Gasteiger partial charge in [-0.3, -0.25) is 9.36 Å². The van der Waals surface area contributed by atoms with E-state index in [1.165, 1.54) is 10.6 Å².